The van der Waals surface area contributed by atoms with Crippen LogP contribution in [0.5, 0.6) is 5.75 Å². The summed E-state index contributed by atoms with van der Waals surface area (Å²) in [5.41, 5.74) is 3.84. The van der Waals surface area contributed by atoms with Gasteiger partial charge in [-0.25, -0.2) is 9.79 Å². The molecular weight excluding hydrogens is 510 g/mol. The predicted molar refractivity (Wildman–Crippen MR) is 152 cm³/mol. The summed E-state index contributed by atoms with van der Waals surface area (Å²) in [6.45, 7) is 1.95. The number of rotatable bonds is 6. The lowest BCUT2D eigenvalue weighted by atomic mass is 9.92. The molecule has 0 amide bonds. The second kappa shape index (κ2) is 10.2. The summed E-state index contributed by atoms with van der Waals surface area (Å²) in [4.78, 5) is 36.3. The molecule has 3 aromatic carbocycles. The van der Waals surface area contributed by atoms with E-state index in [-0.39, 0.29) is 12.2 Å². The molecule has 3 heterocycles. The van der Waals surface area contributed by atoms with E-state index in [4.69, 9.17) is 14.5 Å². The number of hydrogen-bond donors (Lipinski definition) is 1. The first-order chi connectivity index (χ1) is 19.1. The highest BCUT2D eigenvalue weighted by Gasteiger charge is 2.36. The molecule has 6 rings (SSSR count). The van der Waals surface area contributed by atoms with Gasteiger partial charge in [0.1, 0.15) is 11.8 Å². The highest BCUT2D eigenvalue weighted by atomic mass is 32.1. The van der Waals surface area contributed by atoms with Crippen LogP contribution in [-0.4, -0.2) is 29.2 Å². The molecule has 39 heavy (non-hydrogen) atoms. The lowest BCUT2D eigenvalue weighted by Gasteiger charge is -2.27. The van der Waals surface area contributed by atoms with Crippen LogP contribution in [-0.2, 0) is 9.53 Å². The minimum absolute atomic E-state index is 0.189. The number of benzene rings is 3. The Labute approximate surface area is 228 Å². The van der Waals surface area contributed by atoms with Crippen LogP contribution in [0.2, 0.25) is 0 Å². The summed E-state index contributed by atoms with van der Waals surface area (Å²) in [6, 6.07) is 24.1. The summed E-state index contributed by atoms with van der Waals surface area (Å²) in [5, 5.41) is 1.02. The number of aromatic amines is 1. The number of nitrogens with zero attached hydrogens (tertiary/aromatic N) is 2. The standard InChI is InChI=1S/C31H25N3O4S/c1-3-38-30(36)26-27(19-11-5-4-6-12-19)33-31-34(28(26)22-14-8-10-16-24(22)37-2)29(35)25(39-31)17-20-18-32-23-15-9-7-13-21(20)23/h4-18,28,32H,3H2,1-2H3/b25-17+/t28-/m0/s1. The van der Waals surface area contributed by atoms with Gasteiger partial charge in [-0.15, -0.1) is 0 Å². The van der Waals surface area contributed by atoms with E-state index in [1.807, 2.05) is 91.1 Å². The Bertz CT molecular complexity index is 1910. The Kier molecular flexibility index (Phi) is 6.46. The molecule has 0 aliphatic carbocycles. The van der Waals surface area contributed by atoms with E-state index >= 15 is 0 Å². The number of ether oxygens (including phenoxy) is 2. The summed E-state index contributed by atoms with van der Waals surface area (Å²) in [7, 11) is 1.57. The molecule has 1 atom stereocenters. The minimum atomic E-state index is -0.795. The highest BCUT2D eigenvalue weighted by Crippen LogP contribution is 2.38. The third-order valence-electron chi connectivity index (χ3n) is 6.72. The fourth-order valence-electron chi connectivity index (χ4n) is 4.98. The average Bonchev–Trinajstić information content (AvgIpc) is 3.53. The topological polar surface area (TPSA) is 85.7 Å². The van der Waals surface area contributed by atoms with Gasteiger partial charge >= 0.3 is 5.97 Å². The largest absolute Gasteiger partial charge is 0.496 e. The first-order valence-electron chi connectivity index (χ1n) is 12.6. The number of nitrogens with one attached hydrogen (secondary N) is 1. The van der Waals surface area contributed by atoms with Gasteiger partial charge < -0.3 is 14.5 Å². The first-order valence-corrected chi connectivity index (χ1v) is 13.4. The number of hydrogen-bond acceptors (Lipinski definition) is 6. The van der Waals surface area contributed by atoms with Crippen LogP contribution in [0.15, 0.2) is 100 Å². The molecule has 0 saturated carbocycles. The molecule has 1 aliphatic heterocycles. The number of para-hydroxylation sites is 2. The Balaban J connectivity index is 1.68. The maximum atomic E-state index is 14.1. The fraction of sp³-hybridized carbons (Fsp3) is 0.129. The van der Waals surface area contributed by atoms with Gasteiger partial charge in [0.15, 0.2) is 4.80 Å². The molecule has 5 aromatic rings. The molecule has 0 fully saturated rings. The van der Waals surface area contributed by atoms with E-state index in [1.165, 1.54) is 11.3 Å². The van der Waals surface area contributed by atoms with Crippen molar-refractivity contribution < 1.29 is 14.3 Å². The smallest absolute Gasteiger partial charge is 0.338 e. The zero-order valence-electron chi connectivity index (χ0n) is 21.4. The Morgan fingerprint density at radius 2 is 1.79 bits per heavy atom. The van der Waals surface area contributed by atoms with E-state index in [9.17, 15) is 9.59 Å². The van der Waals surface area contributed by atoms with Gasteiger partial charge in [-0.2, -0.15) is 0 Å². The van der Waals surface area contributed by atoms with E-state index in [0.29, 0.717) is 31.9 Å². The third-order valence-corrected chi connectivity index (χ3v) is 7.70. The Morgan fingerprint density at radius 3 is 2.59 bits per heavy atom. The molecule has 194 valence electrons. The number of fused-ring (bicyclic) bond motifs is 2. The number of H-pyrrole nitrogens is 1. The molecule has 8 heteroatoms. The number of aromatic nitrogens is 2. The lowest BCUT2D eigenvalue weighted by Crippen LogP contribution is -2.40. The van der Waals surface area contributed by atoms with Crippen molar-refractivity contribution in [2.75, 3.05) is 13.7 Å². The van der Waals surface area contributed by atoms with Gasteiger partial charge in [-0.05, 0) is 25.1 Å². The van der Waals surface area contributed by atoms with Crippen LogP contribution in [0, 0.1) is 0 Å². The van der Waals surface area contributed by atoms with Crippen LogP contribution in [0.4, 0.5) is 0 Å². The summed E-state index contributed by atoms with van der Waals surface area (Å²) in [5.74, 6) is 0.0340. The van der Waals surface area contributed by atoms with Crippen LogP contribution in [0.3, 0.4) is 0 Å². The number of carbonyl (C=O) groups is 1. The monoisotopic (exact) mass is 535 g/mol. The molecule has 1 N–H and O–H groups in total. The molecular formula is C31H25N3O4S. The Morgan fingerprint density at radius 1 is 1.05 bits per heavy atom. The van der Waals surface area contributed by atoms with E-state index in [1.54, 1.807) is 18.6 Å². The van der Waals surface area contributed by atoms with Gasteiger partial charge in [0.25, 0.3) is 5.56 Å². The minimum Gasteiger partial charge on any atom is -0.496 e. The van der Waals surface area contributed by atoms with E-state index in [2.05, 4.69) is 4.98 Å². The van der Waals surface area contributed by atoms with Crippen LogP contribution >= 0.6 is 11.3 Å². The average molecular weight is 536 g/mol. The lowest BCUT2D eigenvalue weighted by molar-refractivity contribution is -0.138. The Hall–Kier alpha value is -4.69. The van der Waals surface area contributed by atoms with Crippen molar-refractivity contribution in [1.82, 2.24) is 9.55 Å². The highest BCUT2D eigenvalue weighted by molar-refractivity contribution is 7.07. The number of thiazole rings is 1. The van der Waals surface area contributed by atoms with Gasteiger partial charge in [-0.1, -0.05) is 78.1 Å². The molecule has 0 spiro atoms. The van der Waals surface area contributed by atoms with Crippen molar-refractivity contribution in [3.05, 3.63) is 127 Å². The molecule has 1 aliphatic rings. The fourth-order valence-corrected chi connectivity index (χ4v) is 5.97. The van der Waals surface area contributed by atoms with Crippen LogP contribution < -0.4 is 19.6 Å². The van der Waals surface area contributed by atoms with Crippen LogP contribution in [0.1, 0.15) is 29.7 Å². The van der Waals surface area contributed by atoms with Crippen molar-refractivity contribution in [2.45, 2.75) is 13.0 Å². The van der Waals surface area contributed by atoms with E-state index in [0.717, 1.165) is 22.0 Å². The van der Waals surface area contributed by atoms with Crippen molar-refractivity contribution in [3.63, 3.8) is 0 Å². The van der Waals surface area contributed by atoms with E-state index < -0.39 is 12.0 Å². The zero-order valence-corrected chi connectivity index (χ0v) is 22.2. The van der Waals surface area contributed by atoms with Gasteiger partial charge in [0, 0.05) is 33.8 Å². The SMILES string of the molecule is CCOC(=O)C1=C(c2ccccc2)N=c2s/c(=C/c3c[nH]c4ccccc34)c(=O)n2[C@H]1c1ccccc1OC. The predicted octanol–water partition coefficient (Wildman–Crippen LogP) is 4.43. The first kappa shape index (κ1) is 24.6. The van der Waals surface area contributed by atoms with Gasteiger partial charge in [-0.3, -0.25) is 9.36 Å². The van der Waals surface area contributed by atoms with Crippen molar-refractivity contribution in [1.29, 1.82) is 0 Å². The van der Waals surface area contributed by atoms with Crippen molar-refractivity contribution in [3.8, 4) is 5.75 Å². The molecule has 7 nitrogen and oxygen atoms in total. The molecule has 0 radical (unpaired) electrons. The number of carbonyl (C=O) groups excluding carboxylic acids is 1. The maximum Gasteiger partial charge on any atom is 0.338 e. The second-order valence-corrected chi connectivity index (χ2v) is 9.97. The molecule has 0 bridgehead atoms. The normalized spacial score (nSPS) is 15.2. The quantitative estimate of drug-likeness (QED) is 0.326. The third kappa shape index (κ3) is 4.28. The second-order valence-electron chi connectivity index (χ2n) is 8.96. The number of esters is 1. The summed E-state index contributed by atoms with van der Waals surface area (Å²) < 4.78 is 13.3. The molecule has 0 saturated heterocycles. The van der Waals surface area contributed by atoms with Crippen LogP contribution in [0.25, 0.3) is 22.7 Å². The number of methoxy groups -OCH3 is 1. The van der Waals surface area contributed by atoms with Gasteiger partial charge in [0.05, 0.1) is 29.5 Å². The zero-order chi connectivity index (χ0) is 26.9. The molecule has 0 unspecified atom stereocenters. The van der Waals surface area contributed by atoms with Crippen molar-refractivity contribution in [2.24, 2.45) is 4.99 Å². The maximum absolute atomic E-state index is 14.1. The molecule has 2 aromatic heterocycles. The van der Waals surface area contributed by atoms with Crippen molar-refractivity contribution >= 4 is 40.0 Å². The summed E-state index contributed by atoms with van der Waals surface area (Å²) in [6.07, 6.45) is 3.76. The van der Waals surface area contributed by atoms with Gasteiger partial charge in [0.2, 0.25) is 0 Å². The summed E-state index contributed by atoms with van der Waals surface area (Å²) >= 11 is 1.29.